The zero-order valence-corrected chi connectivity index (χ0v) is 10.6. The van der Waals surface area contributed by atoms with Crippen molar-refractivity contribution in [3.8, 4) is 5.69 Å². The molecule has 0 bridgehead atoms. The number of aromatic nitrogens is 3. The van der Waals surface area contributed by atoms with Gasteiger partial charge in [0.15, 0.2) is 5.82 Å². The Labute approximate surface area is 113 Å². The number of esters is 1. The number of nitrogens with two attached hydrogens (primary N) is 1. The predicted octanol–water partition coefficient (Wildman–Crippen LogP) is 0.724. The standard InChI is InChI=1S/C12H12N4O4/c1-2-20-12(19)9-10(13)16(15-14-9)8-5-3-4-7(6-8)11(17)18/h3-6H,2,13H2,1H3,(H,17,18). The summed E-state index contributed by atoms with van der Waals surface area (Å²) in [4.78, 5) is 22.5. The number of aromatic carboxylic acids is 1. The van der Waals surface area contributed by atoms with E-state index >= 15 is 0 Å². The third-order valence-corrected chi connectivity index (χ3v) is 2.51. The van der Waals surface area contributed by atoms with Gasteiger partial charge < -0.3 is 15.6 Å². The molecule has 20 heavy (non-hydrogen) atoms. The summed E-state index contributed by atoms with van der Waals surface area (Å²) >= 11 is 0. The summed E-state index contributed by atoms with van der Waals surface area (Å²) in [5.41, 5.74) is 6.15. The van der Waals surface area contributed by atoms with Crippen molar-refractivity contribution in [2.45, 2.75) is 6.92 Å². The van der Waals surface area contributed by atoms with Crippen molar-refractivity contribution in [2.75, 3.05) is 12.3 Å². The van der Waals surface area contributed by atoms with Crippen LogP contribution >= 0.6 is 0 Å². The maximum absolute atomic E-state index is 11.6. The highest BCUT2D eigenvalue weighted by Crippen LogP contribution is 2.17. The summed E-state index contributed by atoms with van der Waals surface area (Å²) in [6, 6.07) is 5.96. The molecule has 0 saturated heterocycles. The molecule has 0 radical (unpaired) electrons. The summed E-state index contributed by atoms with van der Waals surface area (Å²) in [6.07, 6.45) is 0. The van der Waals surface area contributed by atoms with Gasteiger partial charge in [-0.05, 0) is 25.1 Å². The van der Waals surface area contributed by atoms with Crippen molar-refractivity contribution in [2.24, 2.45) is 0 Å². The molecule has 3 N–H and O–H groups in total. The summed E-state index contributed by atoms with van der Waals surface area (Å²) in [5, 5.41) is 16.3. The number of carboxylic acids is 1. The van der Waals surface area contributed by atoms with Crippen LogP contribution in [0.3, 0.4) is 0 Å². The van der Waals surface area contributed by atoms with Gasteiger partial charge in [0.1, 0.15) is 0 Å². The van der Waals surface area contributed by atoms with Crippen LogP contribution in [0.4, 0.5) is 5.82 Å². The maximum atomic E-state index is 11.6. The number of benzene rings is 1. The molecule has 104 valence electrons. The topological polar surface area (TPSA) is 120 Å². The van der Waals surface area contributed by atoms with E-state index in [1.54, 1.807) is 19.1 Å². The quantitative estimate of drug-likeness (QED) is 0.789. The first-order valence-corrected chi connectivity index (χ1v) is 5.76. The van der Waals surface area contributed by atoms with E-state index in [-0.39, 0.29) is 23.7 Å². The Balaban J connectivity index is 2.42. The van der Waals surface area contributed by atoms with E-state index in [2.05, 4.69) is 10.3 Å². The van der Waals surface area contributed by atoms with Gasteiger partial charge in [0.05, 0.1) is 17.9 Å². The van der Waals surface area contributed by atoms with Gasteiger partial charge in [-0.1, -0.05) is 11.3 Å². The number of carbonyl (C=O) groups is 2. The number of rotatable bonds is 4. The summed E-state index contributed by atoms with van der Waals surface area (Å²) in [6.45, 7) is 1.86. The van der Waals surface area contributed by atoms with Crippen LogP contribution in [-0.4, -0.2) is 38.6 Å². The average molecular weight is 276 g/mol. The highest BCUT2D eigenvalue weighted by atomic mass is 16.5. The van der Waals surface area contributed by atoms with Gasteiger partial charge in [-0.2, -0.15) is 4.68 Å². The molecule has 1 aromatic heterocycles. The molecule has 8 heteroatoms. The number of nitrogens with zero attached hydrogens (tertiary/aromatic N) is 3. The van der Waals surface area contributed by atoms with Gasteiger partial charge in [0, 0.05) is 0 Å². The third-order valence-electron chi connectivity index (χ3n) is 2.51. The van der Waals surface area contributed by atoms with Crippen LogP contribution in [0.25, 0.3) is 5.69 Å². The molecule has 2 rings (SSSR count). The number of hydrogen-bond donors (Lipinski definition) is 2. The molecule has 1 aromatic carbocycles. The van der Waals surface area contributed by atoms with Gasteiger partial charge >= 0.3 is 11.9 Å². The Kier molecular flexibility index (Phi) is 3.65. The monoisotopic (exact) mass is 276 g/mol. The van der Waals surface area contributed by atoms with Gasteiger partial charge in [-0.25, -0.2) is 9.59 Å². The van der Waals surface area contributed by atoms with Gasteiger partial charge in [-0.3, -0.25) is 0 Å². The van der Waals surface area contributed by atoms with Crippen molar-refractivity contribution >= 4 is 17.8 Å². The fourth-order valence-electron chi connectivity index (χ4n) is 1.60. The Morgan fingerprint density at radius 2 is 2.20 bits per heavy atom. The predicted molar refractivity (Wildman–Crippen MR) is 68.7 cm³/mol. The van der Waals surface area contributed by atoms with Crippen LogP contribution in [0, 0.1) is 0 Å². The molecule has 0 fully saturated rings. The lowest BCUT2D eigenvalue weighted by molar-refractivity contribution is 0.0520. The number of carbonyl (C=O) groups excluding carboxylic acids is 1. The van der Waals surface area contributed by atoms with E-state index in [1.807, 2.05) is 0 Å². The van der Waals surface area contributed by atoms with Crippen LogP contribution < -0.4 is 5.73 Å². The zero-order valence-electron chi connectivity index (χ0n) is 10.6. The summed E-state index contributed by atoms with van der Waals surface area (Å²) in [7, 11) is 0. The fourth-order valence-corrected chi connectivity index (χ4v) is 1.60. The lowest BCUT2D eigenvalue weighted by Crippen LogP contribution is -2.10. The lowest BCUT2D eigenvalue weighted by atomic mass is 10.2. The smallest absolute Gasteiger partial charge is 0.362 e. The van der Waals surface area contributed by atoms with E-state index in [4.69, 9.17) is 15.6 Å². The first-order valence-electron chi connectivity index (χ1n) is 5.76. The molecule has 8 nitrogen and oxygen atoms in total. The SMILES string of the molecule is CCOC(=O)c1nnn(-c2cccc(C(=O)O)c2)c1N. The molecule has 0 saturated carbocycles. The zero-order chi connectivity index (χ0) is 14.7. The molecule has 0 unspecified atom stereocenters. The van der Waals surface area contributed by atoms with Crippen molar-refractivity contribution < 1.29 is 19.4 Å². The first kappa shape index (κ1) is 13.5. The van der Waals surface area contributed by atoms with Crippen molar-refractivity contribution in [3.63, 3.8) is 0 Å². The minimum Gasteiger partial charge on any atom is -0.478 e. The molecule has 0 atom stereocenters. The normalized spacial score (nSPS) is 10.2. The number of hydrogen-bond acceptors (Lipinski definition) is 6. The molecule has 0 aliphatic rings. The highest BCUT2D eigenvalue weighted by molar-refractivity contribution is 5.92. The van der Waals surface area contributed by atoms with E-state index < -0.39 is 11.9 Å². The molecule has 0 aliphatic heterocycles. The third kappa shape index (κ3) is 2.44. The van der Waals surface area contributed by atoms with Crippen molar-refractivity contribution in [3.05, 3.63) is 35.5 Å². The maximum Gasteiger partial charge on any atom is 0.362 e. The number of carboxylic acid groups (broad SMARTS) is 1. The molecule has 0 aliphatic carbocycles. The minimum absolute atomic E-state index is 0.00834. The number of anilines is 1. The minimum atomic E-state index is -1.07. The average Bonchev–Trinajstić information content (AvgIpc) is 2.81. The van der Waals surface area contributed by atoms with Crippen molar-refractivity contribution in [1.82, 2.24) is 15.0 Å². The van der Waals surface area contributed by atoms with E-state index in [1.165, 1.54) is 16.8 Å². The molecule has 1 heterocycles. The Morgan fingerprint density at radius 3 is 2.85 bits per heavy atom. The second kappa shape index (κ2) is 5.39. The molecular weight excluding hydrogens is 264 g/mol. The van der Waals surface area contributed by atoms with Gasteiger partial charge in [0.25, 0.3) is 0 Å². The van der Waals surface area contributed by atoms with E-state index in [9.17, 15) is 9.59 Å². The van der Waals surface area contributed by atoms with Crippen LogP contribution in [0.15, 0.2) is 24.3 Å². The molecule has 0 amide bonds. The Hall–Kier alpha value is -2.90. The van der Waals surface area contributed by atoms with Crippen LogP contribution in [-0.2, 0) is 4.74 Å². The number of nitrogen functional groups attached to an aromatic ring is 1. The fraction of sp³-hybridized carbons (Fsp3) is 0.167. The molecule has 0 spiro atoms. The second-order valence-electron chi connectivity index (χ2n) is 3.81. The largest absolute Gasteiger partial charge is 0.478 e. The van der Waals surface area contributed by atoms with Crippen LogP contribution in [0.1, 0.15) is 27.8 Å². The number of ether oxygens (including phenoxy) is 1. The first-order chi connectivity index (χ1) is 9.54. The van der Waals surface area contributed by atoms with E-state index in [0.717, 1.165) is 0 Å². The van der Waals surface area contributed by atoms with Gasteiger partial charge in [-0.15, -0.1) is 5.10 Å². The van der Waals surface area contributed by atoms with E-state index in [0.29, 0.717) is 5.69 Å². The second-order valence-corrected chi connectivity index (χ2v) is 3.81. The Bertz CT molecular complexity index is 665. The Morgan fingerprint density at radius 1 is 1.45 bits per heavy atom. The summed E-state index contributed by atoms with van der Waals surface area (Å²) in [5.74, 6) is -1.76. The lowest BCUT2D eigenvalue weighted by Gasteiger charge is -2.04. The summed E-state index contributed by atoms with van der Waals surface area (Å²) < 4.78 is 5.97. The highest BCUT2D eigenvalue weighted by Gasteiger charge is 2.19. The van der Waals surface area contributed by atoms with Gasteiger partial charge in [0.2, 0.25) is 5.69 Å². The van der Waals surface area contributed by atoms with Crippen molar-refractivity contribution in [1.29, 1.82) is 0 Å². The molecular formula is C12H12N4O4. The van der Waals surface area contributed by atoms with Crippen LogP contribution in [0.2, 0.25) is 0 Å². The molecule has 2 aromatic rings. The van der Waals surface area contributed by atoms with Crippen LogP contribution in [0.5, 0.6) is 0 Å².